The first-order chi connectivity index (χ1) is 11.8. The molecule has 0 fully saturated rings. The Morgan fingerprint density at radius 1 is 1.20 bits per heavy atom. The van der Waals surface area contributed by atoms with Crippen LogP contribution in [0.2, 0.25) is 0 Å². The van der Waals surface area contributed by atoms with Gasteiger partial charge in [0.1, 0.15) is 17.1 Å². The molecule has 3 rings (SSSR count). The maximum Gasteiger partial charge on any atom is 0.488 e. The molecule has 2 heterocycles. The van der Waals surface area contributed by atoms with Crippen molar-refractivity contribution in [1.29, 1.82) is 0 Å². The second kappa shape index (κ2) is 6.16. The Labute approximate surface area is 140 Å². The molecule has 0 aliphatic heterocycles. The third-order valence-electron chi connectivity index (χ3n) is 3.40. The molecule has 11 heteroatoms. The molecule has 0 saturated heterocycles. The molecule has 1 aromatic carbocycles. The summed E-state index contributed by atoms with van der Waals surface area (Å²) in [6.45, 7) is 2.12. The Kier molecular flexibility index (Phi) is 4.17. The van der Waals surface area contributed by atoms with Crippen molar-refractivity contribution in [3.63, 3.8) is 0 Å². The summed E-state index contributed by atoms with van der Waals surface area (Å²) < 4.78 is 38.6. The highest BCUT2D eigenvalue weighted by atomic mass is 32.3. The Morgan fingerprint density at radius 3 is 2.48 bits per heavy atom. The highest BCUT2D eigenvalue weighted by Gasteiger charge is 2.14. The van der Waals surface area contributed by atoms with Gasteiger partial charge in [0.05, 0.1) is 0 Å². The molecule has 0 amide bonds. The van der Waals surface area contributed by atoms with E-state index >= 15 is 0 Å². The van der Waals surface area contributed by atoms with E-state index in [-0.39, 0.29) is 29.3 Å². The van der Waals surface area contributed by atoms with Crippen LogP contribution < -0.4 is 15.4 Å². The number of H-pyrrole nitrogens is 2. The molecule has 132 valence electrons. The largest absolute Gasteiger partial charge is 0.488 e. The molecular formula is C14H13FN4O5S. The molecule has 0 unspecified atom stereocenters. The third-order valence-corrected chi connectivity index (χ3v) is 3.80. The van der Waals surface area contributed by atoms with Gasteiger partial charge in [0.2, 0.25) is 0 Å². The van der Waals surface area contributed by atoms with Gasteiger partial charge in [-0.05, 0) is 30.7 Å². The van der Waals surface area contributed by atoms with Gasteiger partial charge in [-0.25, -0.2) is 9.78 Å². The van der Waals surface area contributed by atoms with Crippen molar-refractivity contribution in [2.45, 2.75) is 19.9 Å². The number of nitrogens with one attached hydrogen (secondary N) is 2. The summed E-state index contributed by atoms with van der Waals surface area (Å²) in [5.41, 5.74) is -0.280. The first-order valence-electron chi connectivity index (χ1n) is 7.26. The SMILES string of the molecule is CCCn1c(=O)[nH]c2nc(-c3ccc(OS(=O)(=O)F)cc3)[nH]c2c1=O. The molecule has 2 N–H and O–H groups in total. The van der Waals surface area contributed by atoms with Gasteiger partial charge in [-0.2, -0.15) is 8.42 Å². The van der Waals surface area contributed by atoms with Crippen molar-refractivity contribution < 1.29 is 16.5 Å². The summed E-state index contributed by atoms with van der Waals surface area (Å²) in [4.78, 5) is 33.8. The zero-order valence-electron chi connectivity index (χ0n) is 12.9. The number of halogens is 1. The predicted molar refractivity (Wildman–Crippen MR) is 87.4 cm³/mol. The minimum Gasteiger partial charge on any atom is -0.358 e. The van der Waals surface area contributed by atoms with E-state index in [1.807, 2.05) is 6.92 Å². The molecule has 0 saturated carbocycles. The first-order valence-corrected chi connectivity index (χ1v) is 8.56. The van der Waals surface area contributed by atoms with Crippen molar-refractivity contribution in [2.24, 2.45) is 0 Å². The summed E-state index contributed by atoms with van der Waals surface area (Å²) in [5.74, 6) is 0.0766. The average molecular weight is 368 g/mol. The summed E-state index contributed by atoms with van der Waals surface area (Å²) in [6.07, 6.45) is 0.619. The van der Waals surface area contributed by atoms with Crippen LogP contribution in [0.3, 0.4) is 0 Å². The van der Waals surface area contributed by atoms with Crippen LogP contribution in [0.25, 0.3) is 22.6 Å². The van der Waals surface area contributed by atoms with E-state index in [0.29, 0.717) is 12.0 Å². The van der Waals surface area contributed by atoms with E-state index in [9.17, 15) is 21.9 Å². The van der Waals surface area contributed by atoms with Gasteiger partial charge in [0.25, 0.3) is 5.56 Å². The number of benzene rings is 1. The van der Waals surface area contributed by atoms with Gasteiger partial charge < -0.3 is 9.17 Å². The fourth-order valence-electron chi connectivity index (χ4n) is 2.36. The monoisotopic (exact) mass is 368 g/mol. The maximum atomic E-state index is 12.5. The number of nitrogens with zero attached hydrogens (tertiary/aromatic N) is 2. The Bertz CT molecular complexity index is 1140. The van der Waals surface area contributed by atoms with Crippen molar-refractivity contribution in [3.05, 3.63) is 45.1 Å². The average Bonchev–Trinajstić information content (AvgIpc) is 2.94. The topological polar surface area (TPSA) is 127 Å². The number of aromatic nitrogens is 4. The van der Waals surface area contributed by atoms with Crippen LogP contribution in [0.15, 0.2) is 33.9 Å². The van der Waals surface area contributed by atoms with E-state index in [0.717, 1.165) is 4.57 Å². The number of aromatic amines is 2. The predicted octanol–water partition coefficient (Wildman–Crippen LogP) is 1.08. The Morgan fingerprint density at radius 2 is 1.88 bits per heavy atom. The van der Waals surface area contributed by atoms with Gasteiger partial charge in [0, 0.05) is 12.1 Å². The van der Waals surface area contributed by atoms with Crippen molar-refractivity contribution in [3.8, 4) is 17.1 Å². The van der Waals surface area contributed by atoms with Crippen LogP contribution in [0.5, 0.6) is 5.75 Å². The summed E-state index contributed by atoms with van der Waals surface area (Å²) in [7, 11) is -5.10. The first kappa shape index (κ1) is 16.9. The normalized spacial score (nSPS) is 11.8. The molecule has 0 aliphatic rings. The maximum absolute atomic E-state index is 12.5. The fraction of sp³-hybridized carbons (Fsp3) is 0.214. The zero-order chi connectivity index (χ0) is 18.2. The van der Waals surface area contributed by atoms with Gasteiger partial charge in [0.15, 0.2) is 5.65 Å². The molecule has 3 aromatic rings. The van der Waals surface area contributed by atoms with Crippen molar-refractivity contribution >= 4 is 21.7 Å². The highest BCUT2D eigenvalue weighted by Crippen LogP contribution is 2.22. The van der Waals surface area contributed by atoms with Crippen LogP contribution in [0.4, 0.5) is 3.89 Å². The third kappa shape index (κ3) is 3.45. The number of hydrogen-bond acceptors (Lipinski definition) is 6. The van der Waals surface area contributed by atoms with Gasteiger partial charge >= 0.3 is 16.2 Å². The van der Waals surface area contributed by atoms with Crippen molar-refractivity contribution in [2.75, 3.05) is 0 Å². The molecule has 0 aliphatic carbocycles. The molecule has 0 atom stereocenters. The summed E-state index contributed by atoms with van der Waals surface area (Å²) in [6, 6.07) is 5.33. The van der Waals surface area contributed by atoms with Crippen LogP contribution >= 0.6 is 0 Å². The van der Waals surface area contributed by atoms with Gasteiger partial charge in [-0.3, -0.25) is 14.3 Å². The molecule has 0 radical (unpaired) electrons. The van der Waals surface area contributed by atoms with Crippen LogP contribution in [-0.4, -0.2) is 27.9 Å². The van der Waals surface area contributed by atoms with Gasteiger partial charge in [-0.15, -0.1) is 0 Å². The highest BCUT2D eigenvalue weighted by molar-refractivity contribution is 7.81. The molecular weight excluding hydrogens is 355 g/mol. The van der Waals surface area contributed by atoms with Crippen LogP contribution in [0, 0.1) is 0 Å². The number of rotatable bonds is 5. The molecule has 9 nitrogen and oxygen atoms in total. The number of fused-ring (bicyclic) bond motifs is 1. The number of hydrogen-bond donors (Lipinski definition) is 2. The second-order valence-electron chi connectivity index (χ2n) is 5.20. The Balaban J connectivity index is 2.04. The smallest absolute Gasteiger partial charge is 0.358 e. The molecule has 25 heavy (non-hydrogen) atoms. The lowest BCUT2D eigenvalue weighted by atomic mass is 10.2. The quantitative estimate of drug-likeness (QED) is 0.649. The lowest BCUT2D eigenvalue weighted by molar-refractivity contribution is 0.440. The minimum atomic E-state index is -5.10. The second-order valence-corrected chi connectivity index (χ2v) is 6.15. The van der Waals surface area contributed by atoms with E-state index < -0.39 is 21.8 Å². The van der Waals surface area contributed by atoms with Crippen molar-refractivity contribution in [1.82, 2.24) is 19.5 Å². The van der Waals surface area contributed by atoms with E-state index in [2.05, 4.69) is 19.1 Å². The van der Waals surface area contributed by atoms with Crippen LogP contribution in [0.1, 0.15) is 13.3 Å². The van der Waals surface area contributed by atoms with E-state index in [1.165, 1.54) is 24.3 Å². The number of imidazole rings is 1. The van der Waals surface area contributed by atoms with Crippen LogP contribution in [-0.2, 0) is 17.0 Å². The minimum absolute atomic E-state index is 0.115. The standard InChI is InChI=1S/C14H13FN4O5S/c1-2-7-19-13(20)10-12(18-14(19)21)17-11(16-10)8-3-5-9(6-4-8)24-25(15,22)23/h3-6H,2,7H2,1H3,(H,16,17)(H,18,21). The fourth-order valence-corrected chi connectivity index (χ4v) is 2.70. The lowest BCUT2D eigenvalue weighted by Crippen LogP contribution is -2.34. The lowest BCUT2D eigenvalue weighted by Gasteiger charge is -2.01. The Hall–Kier alpha value is -2.95. The summed E-state index contributed by atoms with van der Waals surface area (Å²) >= 11 is 0. The molecule has 2 aromatic heterocycles. The van der Waals surface area contributed by atoms with E-state index in [4.69, 9.17) is 0 Å². The molecule has 0 spiro atoms. The van der Waals surface area contributed by atoms with Gasteiger partial charge in [-0.1, -0.05) is 10.8 Å². The summed E-state index contributed by atoms with van der Waals surface area (Å²) in [5, 5.41) is 0. The zero-order valence-corrected chi connectivity index (χ0v) is 13.8. The van der Waals surface area contributed by atoms with E-state index in [1.54, 1.807) is 0 Å². The molecule has 0 bridgehead atoms.